The van der Waals surface area contributed by atoms with Crippen molar-refractivity contribution in [2.24, 2.45) is 0 Å². The first-order valence-corrected chi connectivity index (χ1v) is 8.89. The number of hydrogen-bond acceptors (Lipinski definition) is 4. The van der Waals surface area contributed by atoms with Crippen molar-refractivity contribution >= 4 is 0 Å². The highest BCUT2D eigenvalue weighted by Crippen LogP contribution is 2.34. The van der Waals surface area contributed by atoms with Crippen LogP contribution in [0.2, 0.25) is 0 Å². The Balaban J connectivity index is 1.96. The molecule has 1 N–H and O–H groups in total. The molecule has 1 aromatic carbocycles. The van der Waals surface area contributed by atoms with Crippen molar-refractivity contribution in [2.75, 3.05) is 19.6 Å². The van der Waals surface area contributed by atoms with Crippen molar-refractivity contribution in [1.82, 2.24) is 14.8 Å². The summed E-state index contributed by atoms with van der Waals surface area (Å²) in [6.07, 6.45) is 5.71. The summed E-state index contributed by atoms with van der Waals surface area (Å²) in [4.78, 5) is 9.32. The lowest BCUT2D eigenvalue weighted by Gasteiger charge is -2.47. The first-order chi connectivity index (χ1) is 12.1. The van der Waals surface area contributed by atoms with Crippen LogP contribution in [-0.2, 0) is 0 Å². The molecule has 3 rings (SSSR count). The van der Waals surface area contributed by atoms with Crippen LogP contribution >= 0.6 is 0 Å². The van der Waals surface area contributed by atoms with Gasteiger partial charge in [-0.25, -0.2) is 0 Å². The van der Waals surface area contributed by atoms with E-state index in [0.717, 1.165) is 30.8 Å². The number of phenolic OH excluding ortho intramolecular Hbond substituents is 1. The van der Waals surface area contributed by atoms with Crippen molar-refractivity contribution < 1.29 is 5.11 Å². The zero-order chi connectivity index (χ0) is 17.8. The van der Waals surface area contributed by atoms with Crippen LogP contribution in [0.1, 0.15) is 31.0 Å². The molecule has 0 bridgehead atoms. The van der Waals surface area contributed by atoms with Gasteiger partial charge in [0.2, 0.25) is 0 Å². The van der Waals surface area contributed by atoms with Gasteiger partial charge in [-0.05, 0) is 43.2 Å². The fraction of sp³-hybridized carbons (Fsp3) is 0.381. The number of rotatable bonds is 5. The standard InChI is InChI=1S/C21H27N3O/c1-4-11-23-14-17(3)24(15-16(23)2)21(19-8-6-10-22-13-19)18-7-5-9-20(25)12-18/h4-10,12-13,16-17,21,25H,1,11,14-15H2,2-3H3/t16-,17+,21-/m1/s1. The number of phenols is 1. The van der Waals surface area contributed by atoms with Gasteiger partial charge in [0.25, 0.3) is 0 Å². The summed E-state index contributed by atoms with van der Waals surface area (Å²) < 4.78 is 0. The molecule has 4 nitrogen and oxygen atoms in total. The van der Waals surface area contributed by atoms with Gasteiger partial charge in [-0.3, -0.25) is 14.8 Å². The second-order valence-electron chi connectivity index (χ2n) is 6.92. The summed E-state index contributed by atoms with van der Waals surface area (Å²) in [5, 5.41) is 9.98. The summed E-state index contributed by atoms with van der Waals surface area (Å²) >= 11 is 0. The zero-order valence-corrected chi connectivity index (χ0v) is 15.0. The lowest BCUT2D eigenvalue weighted by Crippen LogP contribution is -2.57. The highest BCUT2D eigenvalue weighted by atomic mass is 16.3. The minimum atomic E-state index is 0.0872. The quantitative estimate of drug-likeness (QED) is 0.848. The largest absolute Gasteiger partial charge is 0.508 e. The minimum Gasteiger partial charge on any atom is -0.508 e. The van der Waals surface area contributed by atoms with E-state index in [1.807, 2.05) is 30.5 Å². The number of aromatic hydroxyl groups is 1. The third-order valence-electron chi connectivity index (χ3n) is 5.04. The predicted molar refractivity (Wildman–Crippen MR) is 102 cm³/mol. The fourth-order valence-electron chi connectivity index (χ4n) is 3.81. The van der Waals surface area contributed by atoms with E-state index in [1.165, 1.54) is 0 Å². The molecule has 1 saturated heterocycles. The highest BCUT2D eigenvalue weighted by molar-refractivity contribution is 5.35. The number of aromatic nitrogens is 1. The third-order valence-corrected chi connectivity index (χ3v) is 5.04. The molecule has 2 heterocycles. The molecule has 0 radical (unpaired) electrons. The van der Waals surface area contributed by atoms with Gasteiger partial charge >= 0.3 is 0 Å². The topological polar surface area (TPSA) is 39.6 Å². The summed E-state index contributed by atoms with van der Waals surface area (Å²) in [6, 6.07) is 12.6. The second-order valence-corrected chi connectivity index (χ2v) is 6.92. The van der Waals surface area contributed by atoms with Crippen LogP contribution in [0.4, 0.5) is 0 Å². The van der Waals surface area contributed by atoms with Crippen LogP contribution in [-0.4, -0.2) is 51.6 Å². The number of benzene rings is 1. The Bertz CT molecular complexity index is 703. The molecule has 2 aromatic rings. The SMILES string of the molecule is C=CCN1C[C@H](C)N([C@@H](c2cccnc2)c2cccc(O)c2)C[C@H]1C. The van der Waals surface area contributed by atoms with Crippen LogP contribution in [0.5, 0.6) is 5.75 Å². The van der Waals surface area contributed by atoms with Crippen molar-refractivity contribution in [3.05, 3.63) is 72.6 Å². The van der Waals surface area contributed by atoms with Crippen molar-refractivity contribution in [2.45, 2.75) is 32.0 Å². The predicted octanol–water partition coefficient (Wildman–Crippen LogP) is 3.46. The Morgan fingerprint density at radius 1 is 1.20 bits per heavy atom. The molecule has 0 saturated carbocycles. The first kappa shape index (κ1) is 17.6. The van der Waals surface area contributed by atoms with Gasteiger partial charge in [0.15, 0.2) is 0 Å². The van der Waals surface area contributed by atoms with Gasteiger partial charge in [0.1, 0.15) is 5.75 Å². The van der Waals surface area contributed by atoms with Crippen LogP contribution in [0.15, 0.2) is 61.4 Å². The summed E-state index contributed by atoms with van der Waals surface area (Å²) in [5.74, 6) is 0.303. The number of nitrogens with zero attached hydrogens (tertiary/aromatic N) is 3. The molecule has 0 amide bonds. The highest BCUT2D eigenvalue weighted by Gasteiger charge is 2.34. The Kier molecular flexibility index (Phi) is 5.51. The van der Waals surface area contributed by atoms with Gasteiger partial charge < -0.3 is 5.11 Å². The molecule has 1 aliphatic rings. The van der Waals surface area contributed by atoms with Crippen LogP contribution < -0.4 is 0 Å². The molecule has 0 spiro atoms. The summed E-state index contributed by atoms with van der Waals surface area (Å²) in [7, 11) is 0. The molecule has 1 aliphatic heterocycles. The van der Waals surface area contributed by atoms with Gasteiger partial charge in [0, 0.05) is 44.1 Å². The molecule has 4 heteroatoms. The van der Waals surface area contributed by atoms with Gasteiger partial charge in [-0.2, -0.15) is 0 Å². The van der Waals surface area contributed by atoms with Crippen molar-refractivity contribution in [3.8, 4) is 5.75 Å². The molecule has 0 unspecified atom stereocenters. The molecule has 1 aromatic heterocycles. The van der Waals surface area contributed by atoms with Crippen molar-refractivity contribution in [1.29, 1.82) is 0 Å². The average molecular weight is 337 g/mol. The zero-order valence-electron chi connectivity index (χ0n) is 15.0. The van der Waals surface area contributed by atoms with E-state index in [4.69, 9.17) is 0 Å². The minimum absolute atomic E-state index is 0.0872. The Labute approximate surface area is 150 Å². The second kappa shape index (κ2) is 7.81. The summed E-state index contributed by atoms with van der Waals surface area (Å²) in [6.45, 7) is 11.3. The van der Waals surface area contributed by atoms with E-state index >= 15 is 0 Å². The number of hydrogen-bond donors (Lipinski definition) is 1. The number of pyridine rings is 1. The van der Waals surface area contributed by atoms with E-state index in [1.54, 1.807) is 12.3 Å². The Morgan fingerprint density at radius 2 is 2.00 bits per heavy atom. The Morgan fingerprint density at radius 3 is 2.68 bits per heavy atom. The third kappa shape index (κ3) is 3.91. The van der Waals surface area contributed by atoms with E-state index in [2.05, 4.69) is 47.3 Å². The molecule has 0 aliphatic carbocycles. The van der Waals surface area contributed by atoms with Crippen LogP contribution in [0.3, 0.4) is 0 Å². The molecular formula is C21H27N3O. The maximum absolute atomic E-state index is 9.98. The molecular weight excluding hydrogens is 310 g/mol. The smallest absolute Gasteiger partial charge is 0.115 e. The molecule has 132 valence electrons. The maximum atomic E-state index is 9.98. The van der Waals surface area contributed by atoms with Gasteiger partial charge in [-0.15, -0.1) is 6.58 Å². The molecule has 3 atom stereocenters. The van der Waals surface area contributed by atoms with Crippen LogP contribution in [0, 0.1) is 0 Å². The lowest BCUT2D eigenvalue weighted by atomic mass is 9.94. The van der Waals surface area contributed by atoms with Crippen molar-refractivity contribution in [3.63, 3.8) is 0 Å². The lowest BCUT2D eigenvalue weighted by molar-refractivity contribution is 0.0305. The van der Waals surface area contributed by atoms with E-state index in [9.17, 15) is 5.11 Å². The van der Waals surface area contributed by atoms with Gasteiger partial charge in [-0.1, -0.05) is 24.3 Å². The van der Waals surface area contributed by atoms with E-state index in [-0.39, 0.29) is 6.04 Å². The van der Waals surface area contributed by atoms with Gasteiger partial charge in [0.05, 0.1) is 6.04 Å². The number of piperazine rings is 1. The summed E-state index contributed by atoms with van der Waals surface area (Å²) in [5.41, 5.74) is 2.26. The molecule has 25 heavy (non-hydrogen) atoms. The van der Waals surface area contributed by atoms with Crippen LogP contribution in [0.25, 0.3) is 0 Å². The maximum Gasteiger partial charge on any atom is 0.115 e. The molecule has 1 fully saturated rings. The average Bonchev–Trinajstić information content (AvgIpc) is 2.60. The normalized spacial score (nSPS) is 23.3. The van der Waals surface area contributed by atoms with E-state index < -0.39 is 0 Å². The Hall–Kier alpha value is -2.17. The van der Waals surface area contributed by atoms with E-state index in [0.29, 0.717) is 17.8 Å². The monoisotopic (exact) mass is 337 g/mol. The first-order valence-electron chi connectivity index (χ1n) is 8.89. The fourth-order valence-corrected chi connectivity index (χ4v) is 3.81.